The van der Waals surface area contributed by atoms with E-state index in [4.69, 9.17) is 5.26 Å². The van der Waals surface area contributed by atoms with Crippen LogP contribution in [0.4, 0.5) is 4.39 Å². The lowest BCUT2D eigenvalue weighted by atomic mass is 10.1. The highest BCUT2D eigenvalue weighted by Crippen LogP contribution is 2.37. The number of halogens is 1. The summed E-state index contributed by atoms with van der Waals surface area (Å²) in [5.74, 6) is -0.290. The normalized spacial score (nSPS) is 11.0. The van der Waals surface area contributed by atoms with E-state index in [1.54, 1.807) is 13.1 Å². The van der Waals surface area contributed by atoms with E-state index in [1.807, 2.05) is 31.2 Å². The number of imidazole rings is 1. The largest absolute Gasteiger partial charge is 0.504 e. The molecule has 0 bridgehead atoms. The van der Waals surface area contributed by atoms with Crippen LogP contribution in [0.3, 0.4) is 0 Å². The number of aromatic nitrogens is 4. The molecule has 6 nitrogen and oxygen atoms in total. The van der Waals surface area contributed by atoms with Crippen molar-refractivity contribution in [2.75, 3.05) is 0 Å². The first kappa shape index (κ1) is 15.8. The Kier molecular flexibility index (Phi) is 3.48. The molecule has 4 aromatic rings. The van der Waals surface area contributed by atoms with E-state index in [2.05, 4.69) is 15.1 Å². The Morgan fingerprint density at radius 3 is 2.65 bits per heavy atom. The van der Waals surface area contributed by atoms with Crippen molar-refractivity contribution in [2.45, 2.75) is 6.92 Å². The number of nitrogens with zero attached hydrogens (tertiary/aromatic N) is 4. The molecule has 0 unspecified atom stereocenters. The van der Waals surface area contributed by atoms with Gasteiger partial charge in [-0.3, -0.25) is 4.68 Å². The fourth-order valence-electron chi connectivity index (χ4n) is 2.91. The van der Waals surface area contributed by atoms with Gasteiger partial charge in [0.2, 0.25) is 0 Å². The molecule has 7 heteroatoms. The quantitative estimate of drug-likeness (QED) is 0.579. The number of hydrogen-bond acceptors (Lipinski definition) is 4. The van der Waals surface area contributed by atoms with Crippen molar-refractivity contribution in [1.29, 1.82) is 5.26 Å². The number of nitriles is 1. The Morgan fingerprint density at radius 1 is 1.23 bits per heavy atom. The van der Waals surface area contributed by atoms with E-state index in [0.717, 1.165) is 11.1 Å². The molecule has 0 aliphatic carbocycles. The summed E-state index contributed by atoms with van der Waals surface area (Å²) in [5.41, 5.74) is 3.51. The maximum Gasteiger partial charge on any atom is 0.173 e. The summed E-state index contributed by atoms with van der Waals surface area (Å²) in [6.07, 6.45) is 0. The van der Waals surface area contributed by atoms with Gasteiger partial charge in [0.05, 0.1) is 16.6 Å². The third kappa shape index (κ3) is 2.40. The van der Waals surface area contributed by atoms with Crippen LogP contribution in [0.1, 0.15) is 11.1 Å². The SMILES string of the molecule is Cc1ccc(-c2nn(C)c(-c3nc4cc(C#N)c(F)cc4[nH]3)c2O)cc1. The zero-order valence-corrected chi connectivity index (χ0v) is 14.1. The van der Waals surface area contributed by atoms with Crippen molar-refractivity contribution in [3.05, 3.63) is 53.3 Å². The van der Waals surface area contributed by atoms with E-state index >= 15 is 0 Å². The van der Waals surface area contributed by atoms with Crippen molar-refractivity contribution in [1.82, 2.24) is 19.7 Å². The van der Waals surface area contributed by atoms with Gasteiger partial charge in [-0.05, 0) is 13.0 Å². The average Bonchev–Trinajstić information content (AvgIpc) is 3.14. The molecular weight excluding hydrogens is 333 g/mol. The summed E-state index contributed by atoms with van der Waals surface area (Å²) < 4.78 is 15.3. The summed E-state index contributed by atoms with van der Waals surface area (Å²) in [5, 5.41) is 24.0. The number of H-pyrrole nitrogens is 1. The van der Waals surface area contributed by atoms with Crippen LogP contribution in [-0.4, -0.2) is 24.9 Å². The number of hydrogen-bond donors (Lipinski definition) is 2. The number of aryl methyl sites for hydroxylation is 2. The van der Waals surface area contributed by atoms with Crippen molar-refractivity contribution in [3.63, 3.8) is 0 Å². The highest BCUT2D eigenvalue weighted by Gasteiger charge is 2.21. The van der Waals surface area contributed by atoms with Gasteiger partial charge < -0.3 is 10.1 Å². The zero-order valence-electron chi connectivity index (χ0n) is 14.1. The lowest BCUT2D eigenvalue weighted by molar-refractivity contribution is 0.478. The summed E-state index contributed by atoms with van der Waals surface area (Å²) >= 11 is 0. The molecule has 0 aliphatic heterocycles. The predicted molar refractivity (Wildman–Crippen MR) is 94.8 cm³/mol. The van der Waals surface area contributed by atoms with Gasteiger partial charge >= 0.3 is 0 Å². The molecule has 2 heterocycles. The van der Waals surface area contributed by atoms with Gasteiger partial charge in [-0.15, -0.1) is 0 Å². The van der Waals surface area contributed by atoms with Gasteiger partial charge in [0, 0.05) is 18.7 Å². The third-order valence-electron chi connectivity index (χ3n) is 4.26. The van der Waals surface area contributed by atoms with E-state index in [1.165, 1.54) is 16.8 Å². The third-order valence-corrected chi connectivity index (χ3v) is 4.26. The number of benzene rings is 2. The summed E-state index contributed by atoms with van der Waals surface area (Å²) in [4.78, 5) is 7.36. The Balaban J connectivity index is 1.87. The van der Waals surface area contributed by atoms with E-state index in [9.17, 15) is 9.50 Å². The molecule has 26 heavy (non-hydrogen) atoms. The second kappa shape index (κ2) is 5.70. The smallest absolute Gasteiger partial charge is 0.173 e. The molecule has 0 fully saturated rings. The summed E-state index contributed by atoms with van der Waals surface area (Å²) in [6.45, 7) is 1.98. The van der Waals surface area contributed by atoms with Crippen molar-refractivity contribution in [2.24, 2.45) is 7.05 Å². The minimum absolute atomic E-state index is 0.0172. The first-order valence-corrected chi connectivity index (χ1v) is 7.90. The number of fused-ring (bicyclic) bond motifs is 1. The van der Waals surface area contributed by atoms with E-state index in [0.29, 0.717) is 28.2 Å². The van der Waals surface area contributed by atoms with Crippen LogP contribution in [0.5, 0.6) is 5.75 Å². The molecule has 0 amide bonds. The topological polar surface area (TPSA) is 90.5 Å². The van der Waals surface area contributed by atoms with Crippen LogP contribution in [0.15, 0.2) is 36.4 Å². The molecular formula is C19H14FN5O. The molecule has 2 aromatic heterocycles. The molecule has 2 aromatic carbocycles. The van der Waals surface area contributed by atoms with Crippen LogP contribution < -0.4 is 0 Å². The maximum absolute atomic E-state index is 13.8. The summed E-state index contributed by atoms with van der Waals surface area (Å²) in [7, 11) is 1.70. The van der Waals surface area contributed by atoms with Gasteiger partial charge in [0.25, 0.3) is 0 Å². The Bertz CT molecular complexity index is 1180. The van der Waals surface area contributed by atoms with Gasteiger partial charge in [-0.2, -0.15) is 10.4 Å². The molecule has 0 saturated heterocycles. The minimum Gasteiger partial charge on any atom is -0.504 e. The molecule has 0 spiro atoms. The molecule has 128 valence electrons. The minimum atomic E-state index is -0.621. The number of rotatable bonds is 2. The molecule has 0 aliphatic rings. The standard InChI is InChI=1S/C19H14FN5O/c1-10-3-5-11(6-4-10)16-18(26)17(25(2)24-16)19-22-14-7-12(9-21)13(20)8-15(14)23-19/h3-8,26H,1-2H3,(H,22,23). The van der Waals surface area contributed by atoms with Gasteiger partial charge in [0.15, 0.2) is 11.6 Å². The Labute approximate surface area is 148 Å². The highest BCUT2D eigenvalue weighted by molar-refractivity contribution is 5.83. The highest BCUT2D eigenvalue weighted by atomic mass is 19.1. The van der Waals surface area contributed by atoms with Crippen LogP contribution in [0.2, 0.25) is 0 Å². The molecule has 4 rings (SSSR count). The van der Waals surface area contributed by atoms with E-state index in [-0.39, 0.29) is 11.3 Å². The summed E-state index contributed by atoms with van der Waals surface area (Å²) in [6, 6.07) is 12.0. The van der Waals surface area contributed by atoms with Crippen molar-refractivity contribution in [3.8, 4) is 34.6 Å². The van der Waals surface area contributed by atoms with E-state index < -0.39 is 5.82 Å². The number of aromatic amines is 1. The average molecular weight is 347 g/mol. The second-order valence-electron chi connectivity index (χ2n) is 6.08. The lowest BCUT2D eigenvalue weighted by Crippen LogP contribution is -1.95. The Hall–Kier alpha value is -3.66. The fourth-order valence-corrected chi connectivity index (χ4v) is 2.91. The monoisotopic (exact) mass is 347 g/mol. The van der Waals surface area contributed by atoms with Crippen LogP contribution >= 0.6 is 0 Å². The maximum atomic E-state index is 13.8. The molecule has 0 radical (unpaired) electrons. The predicted octanol–water partition coefficient (Wildman–Crippen LogP) is 3.66. The Morgan fingerprint density at radius 2 is 1.96 bits per heavy atom. The number of aromatic hydroxyl groups is 1. The molecule has 0 saturated carbocycles. The van der Waals surface area contributed by atoms with Crippen molar-refractivity contribution >= 4 is 11.0 Å². The van der Waals surface area contributed by atoms with Gasteiger partial charge in [-0.1, -0.05) is 29.8 Å². The van der Waals surface area contributed by atoms with Gasteiger partial charge in [-0.25, -0.2) is 9.37 Å². The lowest BCUT2D eigenvalue weighted by Gasteiger charge is -1.99. The van der Waals surface area contributed by atoms with Crippen LogP contribution in [0.25, 0.3) is 33.8 Å². The van der Waals surface area contributed by atoms with Crippen LogP contribution in [0, 0.1) is 24.1 Å². The second-order valence-corrected chi connectivity index (χ2v) is 6.08. The van der Waals surface area contributed by atoms with Gasteiger partial charge in [0.1, 0.15) is 23.3 Å². The first-order chi connectivity index (χ1) is 12.5. The first-order valence-electron chi connectivity index (χ1n) is 7.90. The van der Waals surface area contributed by atoms with Crippen molar-refractivity contribution < 1.29 is 9.50 Å². The fraction of sp³-hybridized carbons (Fsp3) is 0.105. The van der Waals surface area contributed by atoms with Crippen LogP contribution in [-0.2, 0) is 7.05 Å². The number of nitrogens with one attached hydrogen (secondary N) is 1. The zero-order chi connectivity index (χ0) is 18.4. The molecule has 2 N–H and O–H groups in total. The molecule has 0 atom stereocenters.